The lowest BCUT2D eigenvalue weighted by atomic mass is 10.4. The van der Waals surface area contributed by atoms with E-state index in [1.807, 2.05) is 0 Å². The van der Waals surface area contributed by atoms with Crippen LogP contribution in [0.1, 0.15) is 22.6 Å². The van der Waals surface area contributed by atoms with E-state index < -0.39 is 23.8 Å². The Kier molecular flexibility index (Phi) is 2.90. The smallest absolute Gasteiger partial charge is 0.356 e. The molecule has 14 heavy (non-hydrogen) atoms. The van der Waals surface area contributed by atoms with Gasteiger partial charge >= 0.3 is 5.97 Å². The summed E-state index contributed by atoms with van der Waals surface area (Å²) in [5.41, 5.74) is -1.31. The fourth-order valence-electron chi connectivity index (χ4n) is 0.795. The van der Waals surface area contributed by atoms with Gasteiger partial charge in [-0.2, -0.15) is 0 Å². The van der Waals surface area contributed by atoms with Gasteiger partial charge < -0.3 is 9.84 Å². The lowest BCUT2D eigenvalue weighted by Gasteiger charge is -2.05. The molecule has 0 bridgehead atoms. The van der Waals surface area contributed by atoms with Crippen molar-refractivity contribution in [3.05, 3.63) is 17.6 Å². The van der Waals surface area contributed by atoms with Crippen molar-refractivity contribution >= 4 is 5.97 Å². The number of ether oxygens (including phenoxy) is 1. The highest BCUT2D eigenvalue weighted by molar-refractivity contribution is 5.84. The van der Waals surface area contributed by atoms with Gasteiger partial charge in [-0.15, -0.1) is 0 Å². The van der Waals surface area contributed by atoms with Gasteiger partial charge in [-0.1, -0.05) is 0 Å². The quantitative estimate of drug-likeness (QED) is 0.798. The molecule has 1 heterocycles. The fourth-order valence-corrected chi connectivity index (χ4v) is 0.795. The average Bonchev–Trinajstić information content (AvgIpc) is 2.16. The van der Waals surface area contributed by atoms with Crippen molar-refractivity contribution in [3.8, 4) is 5.88 Å². The molecule has 0 saturated carbocycles. The molecular weight excluding hydrogens is 198 g/mol. The third kappa shape index (κ3) is 1.93. The van der Waals surface area contributed by atoms with Crippen LogP contribution in [-0.4, -0.2) is 28.2 Å². The number of halogens is 2. The monoisotopic (exact) mass is 204 g/mol. The molecule has 1 rings (SSSR count). The summed E-state index contributed by atoms with van der Waals surface area (Å²) in [5.74, 6) is -1.79. The van der Waals surface area contributed by atoms with Crippen LogP contribution in [0.15, 0.2) is 6.20 Å². The Morgan fingerprint density at radius 1 is 1.64 bits per heavy atom. The minimum atomic E-state index is -2.92. The first-order valence-corrected chi connectivity index (χ1v) is 3.48. The van der Waals surface area contributed by atoms with Gasteiger partial charge in [0.05, 0.1) is 13.3 Å². The van der Waals surface area contributed by atoms with Crippen LogP contribution < -0.4 is 4.74 Å². The van der Waals surface area contributed by atoms with Gasteiger partial charge in [0.25, 0.3) is 6.43 Å². The molecule has 0 fully saturated rings. The maximum atomic E-state index is 12.3. The highest BCUT2D eigenvalue weighted by Crippen LogP contribution is 2.24. The summed E-state index contributed by atoms with van der Waals surface area (Å²) >= 11 is 0. The summed E-state index contributed by atoms with van der Waals surface area (Å²) in [6.45, 7) is 0. The minimum absolute atomic E-state index is 0.370. The molecule has 0 spiro atoms. The molecule has 1 N–H and O–H groups in total. The molecule has 7 heteroatoms. The summed E-state index contributed by atoms with van der Waals surface area (Å²) in [6.07, 6.45) is -2.07. The summed E-state index contributed by atoms with van der Waals surface area (Å²) in [5, 5.41) is 8.47. The molecule has 76 valence electrons. The molecule has 0 radical (unpaired) electrons. The summed E-state index contributed by atoms with van der Waals surface area (Å²) < 4.78 is 29.1. The molecule has 0 amide bonds. The number of hydrogen-bond acceptors (Lipinski definition) is 4. The van der Waals surface area contributed by atoms with E-state index in [2.05, 4.69) is 14.7 Å². The van der Waals surface area contributed by atoms with Crippen LogP contribution in [0.3, 0.4) is 0 Å². The van der Waals surface area contributed by atoms with E-state index in [1.54, 1.807) is 0 Å². The van der Waals surface area contributed by atoms with Crippen molar-refractivity contribution < 1.29 is 23.4 Å². The number of methoxy groups -OCH3 is 1. The van der Waals surface area contributed by atoms with Gasteiger partial charge in [0, 0.05) is 0 Å². The molecule has 0 aliphatic carbocycles. The van der Waals surface area contributed by atoms with Crippen molar-refractivity contribution in [1.29, 1.82) is 0 Å². The Balaban J connectivity index is 3.20. The minimum Gasteiger partial charge on any atom is -0.480 e. The Bertz CT molecular complexity index is 357. The SMILES string of the molecule is COc1ncc(C(=O)O)nc1C(F)F. The Morgan fingerprint density at radius 3 is 2.71 bits per heavy atom. The van der Waals surface area contributed by atoms with Crippen molar-refractivity contribution in [1.82, 2.24) is 9.97 Å². The van der Waals surface area contributed by atoms with Gasteiger partial charge in [0.1, 0.15) is 0 Å². The van der Waals surface area contributed by atoms with E-state index in [4.69, 9.17) is 5.11 Å². The Labute approximate surface area is 77.4 Å². The first-order valence-electron chi connectivity index (χ1n) is 3.48. The van der Waals surface area contributed by atoms with E-state index in [-0.39, 0.29) is 5.88 Å². The van der Waals surface area contributed by atoms with E-state index in [9.17, 15) is 13.6 Å². The second kappa shape index (κ2) is 3.95. The number of rotatable bonds is 3. The van der Waals surface area contributed by atoms with Crippen molar-refractivity contribution in [3.63, 3.8) is 0 Å². The summed E-state index contributed by atoms with van der Waals surface area (Å²) in [6, 6.07) is 0. The molecule has 0 unspecified atom stereocenters. The lowest BCUT2D eigenvalue weighted by Crippen LogP contribution is -2.07. The third-order valence-electron chi connectivity index (χ3n) is 1.38. The van der Waals surface area contributed by atoms with Crippen LogP contribution in [0.4, 0.5) is 8.78 Å². The number of aromatic nitrogens is 2. The van der Waals surface area contributed by atoms with Crippen LogP contribution >= 0.6 is 0 Å². The zero-order chi connectivity index (χ0) is 10.7. The average molecular weight is 204 g/mol. The number of aromatic carboxylic acids is 1. The summed E-state index contributed by atoms with van der Waals surface area (Å²) in [7, 11) is 1.15. The van der Waals surface area contributed by atoms with Gasteiger partial charge in [0.15, 0.2) is 11.4 Å². The van der Waals surface area contributed by atoms with E-state index >= 15 is 0 Å². The highest BCUT2D eigenvalue weighted by Gasteiger charge is 2.19. The Morgan fingerprint density at radius 2 is 2.29 bits per heavy atom. The van der Waals surface area contributed by atoms with Crippen molar-refractivity contribution in [2.45, 2.75) is 6.43 Å². The second-order valence-corrected chi connectivity index (χ2v) is 2.26. The first-order chi connectivity index (χ1) is 6.56. The number of hydrogen-bond donors (Lipinski definition) is 1. The summed E-state index contributed by atoms with van der Waals surface area (Å²) in [4.78, 5) is 17.0. The molecule has 0 aliphatic heterocycles. The number of carboxylic acid groups (broad SMARTS) is 1. The van der Waals surface area contributed by atoms with Crippen LogP contribution in [0.2, 0.25) is 0 Å². The number of nitrogens with zero attached hydrogens (tertiary/aromatic N) is 2. The van der Waals surface area contributed by atoms with Gasteiger partial charge in [-0.25, -0.2) is 23.5 Å². The molecule has 0 aromatic carbocycles. The standard InChI is InChI=1S/C7H6F2N2O3/c1-14-6-4(5(8)9)11-3(2-10-6)7(12)13/h2,5H,1H3,(H,12,13). The van der Waals surface area contributed by atoms with E-state index in [0.29, 0.717) is 0 Å². The predicted molar refractivity (Wildman–Crippen MR) is 40.5 cm³/mol. The highest BCUT2D eigenvalue weighted by atomic mass is 19.3. The largest absolute Gasteiger partial charge is 0.480 e. The molecule has 1 aromatic rings. The number of alkyl halides is 2. The maximum absolute atomic E-state index is 12.3. The molecular formula is C7H6F2N2O3. The van der Waals surface area contributed by atoms with E-state index in [1.165, 1.54) is 0 Å². The topological polar surface area (TPSA) is 72.3 Å². The fraction of sp³-hybridized carbons (Fsp3) is 0.286. The molecule has 0 saturated heterocycles. The van der Waals surface area contributed by atoms with Crippen LogP contribution in [0.5, 0.6) is 5.88 Å². The molecule has 5 nitrogen and oxygen atoms in total. The number of carboxylic acids is 1. The zero-order valence-corrected chi connectivity index (χ0v) is 7.07. The number of carbonyl (C=O) groups is 1. The van der Waals surface area contributed by atoms with Gasteiger partial charge in [0.2, 0.25) is 5.88 Å². The van der Waals surface area contributed by atoms with Crippen LogP contribution in [0.25, 0.3) is 0 Å². The van der Waals surface area contributed by atoms with Crippen molar-refractivity contribution in [2.75, 3.05) is 7.11 Å². The van der Waals surface area contributed by atoms with Crippen LogP contribution in [-0.2, 0) is 0 Å². The van der Waals surface area contributed by atoms with E-state index in [0.717, 1.165) is 13.3 Å². The molecule has 0 atom stereocenters. The third-order valence-corrected chi connectivity index (χ3v) is 1.38. The second-order valence-electron chi connectivity index (χ2n) is 2.26. The molecule has 0 aliphatic rings. The predicted octanol–water partition coefficient (Wildman–Crippen LogP) is 1.12. The van der Waals surface area contributed by atoms with Gasteiger partial charge in [-0.3, -0.25) is 0 Å². The lowest BCUT2D eigenvalue weighted by molar-refractivity contribution is 0.0687. The normalized spacial score (nSPS) is 10.3. The Hall–Kier alpha value is -1.79. The van der Waals surface area contributed by atoms with Crippen LogP contribution in [0, 0.1) is 0 Å². The van der Waals surface area contributed by atoms with Gasteiger partial charge in [-0.05, 0) is 0 Å². The maximum Gasteiger partial charge on any atom is 0.356 e. The van der Waals surface area contributed by atoms with Crippen molar-refractivity contribution in [2.24, 2.45) is 0 Å². The molecule has 1 aromatic heterocycles. The first kappa shape index (κ1) is 10.3. The zero-order valence-electron chi connectivity index (χ0n) is 7.07.